The van der Waals surface area contributed by atoms with Crippen LogP contribution in [0.25, 0.3) is 16.9 Å². The van der Waals surface area contributed by atoms with Gasteiger partial charge in [0.1, 0.15) is 11.5 Å². The van der Waals surface area contributed by atoms with Gasteiger partial charge in [0.2, 0.25) is 5.76 Å². The lowest BCUT2D eigenvalue weighted by Gasteiger charge is -2.07. The van der Waals surface area contributed by atoms with Crippen LogP contribution in [0.2, 0.25) is 0 Å². The van der Waals surface area contributed by atoms with Gasteiger partial charge >= 0.3 is 0 Å². The first-order valence-electron chi connectivity index (χ1n) is 9.07. The summed E-state index contributed by atoms with van der Waals surface area (Å²) in [5, 5.41) is 21.9. The van der Waals surface area contributed by atoms with Crippen molar-refractivity contribution in [3.63, 3.8) is 0 Å². The second-order valence-corrected chi connectivity index (χ2v) is 6.75. The topological polar surface area (TPSA) is 116 Å². The molecule has 0 saturated heterocycles. The fourth-order valence-electron chi connectivity index (χ4n) is 2.92. The molecule has 0 aliphatic rings. The molecule has 9 heteroatoms. The number of aromatic nitrogens is 3. The average molecular weight is 403 g/mol. The Morgan fingerprint density at radius 1 is 1.07 bits per heavy atom. The molecule has 30 heavy (non-hydrogen) atoms. The van der Waals surface area contributed by atoms with E-state index in [-0.39, 0.29) is 11.4 Å². The Bertz CT molecular complexity index is 1220. The summed E-state index contributed by atoms with van der Waals surface area (Å²) in [6.45, 7) is 3.77. The number of rotatable bonds is 5. The molecule has 9 nitrogen and oxygen atoms in total. The summed E-state index contributed by atoms with van der Waals surface area (Å²) in [7, 11) is 0. The Morgan fingerprint density at radius 2 is 1.77 bits per heavy atom. The van der Waals surface area contributed by atoms with Gasteiger partial charge in [0.25, 0.3) is 11.6 Å². The molecule has 0 bridgehead atoms. The van der Waals surface area contributed by atoms with Gasteiger partial charge in [-0.2, -0.15) is 5.10 Å². The van der Waals surface area contributed by atoms with Gasteiger partial charge in [-0.05, 0) is 26.0 Å². The number of nitrogens with zero attached hydrogens (tertiary/aromatic N) is 4. The average Bonchev–Trinajstić information content (AvgIpc) is 3.36. The fraction of sp³-hybridized carbons (Fsp3) is 0.0952. The summed E-state index contributed by atoms with van der Waals surface area (Å²) in [6, 6.07) is 16.9. The number of carbonyl (C=O) groups excluding carboxylic acids is 1. The van der Waals surface area contributed by atoms with Gasteiger partial charge < -0.3 is 9.84 Å². The lowest BCUT2D eigenvalue weighted by Crippen LogP contribution is -2.14. The minimum atomic E-state index is -0.482. The standard InChI is InChI=1S/C21H17N5O4/c1-13-3-5-15(6-4-13)18-12-19(30-24-18)21(27)22-20-11-14(2)23-25(20)16-7-9-17(10-8-16)26(28)29/h3-12H,1-2H3,(H,22,27). The van der Waals surface area contributed by atoms with Crippen LogP contribution in [0, 0.1) is 24.0 Å². The molecule has 0 radical (unpaired) electrons. The molecule has 1 amide bonds. The number of nitro groups is 1. The number of anilines is 1. The number of hydrogen-bond acceptors (Lipinski definition) is 6. The number of nitrogens with one attached hydrogen (secondary N) is 1. The van der Waals surface area contributed by atoms with E-state index in [1.54, 1.807) is 31.2 Å². The Balaban J connectivity index is 1.57. The molecule has 0 spiro atoms. The van der Waals surface area contributed by atoms with Gasteiger partial charge in [-0.25, -0.2) is 4.68 Å². The summed E-state index contributed by atoms with van der Waals surface area (Å²) in [4.78, 5) is 23.1. The van der Waals surface area contributed by atoms with E-state index in [9.17, 15) is 14.9 Å². The van der Waals surface area contributed by atoms with Crippen molar-refractivity contribution in [1.82, 2.24) is 14.9 Å². The van der Waals surface area contributed by atoms with Crippen molar-refractivity contribution >= 4 is 17.4 Å². The predicted octanol–water partition coefficient (Wildman–Crippen LogP) is 4.30. The van der Waals surface area contributed by atoms with Crippen molar-refractivity contribution in [2.75, 3.05) is 5.32 Å². The lowest BCUT2D eigenvalue weighted by atomic mass is 10.1. The van der Waals surface area contributed by atoms with E-state index in [0.717, 1.165) is 11.1 Å². The molecule has 0 fully saturated rings. The molecule has 0 saturated carbocycles. The molecule has 150 valence electrons. The molecule has 2 aromatic heterocycles. The smallest absolute Gasteiger partial charge is 0.295 e. The second kappa shape index (κ2) is 7.63. The van der Waals surface area contributed by atoms with Gasteiger partial charge in [0.15, 0.2) is 0 Å². The molecular formula is C21H17N5O4. The highest BCUT2D eigenvalue weighted by atomic mass is 16.6. The number of benzene rings is 2. The maximum Gasteiger partial charge on any atom is 0.295 e. The van der Waals surface area contributed by atoms with Crippen molar-refractivity contribution in [2.24, 2.45) is 0 Å². The molecule has 2 aromatic carbocycles. The van der Waals surface area contributed by atoms with Crippen molar-refractivity contribution in [1.29, 1.82) is 0 Å². The monoisotopic (exact) mass is 403 g/mol. The van der Waals surface area contributed by atoms with Crippen molar-refractivity contribution in [3.05, 3.63) is 87.8 Å². The zero-order valence-corrected chi connectivity index (χ0v) is 16.2. The van der Waals surface area contributed by atoms with Crippen LogP contribution in [0.5, 0.6) is 0 Å². The van der Waals surface area contributed by atoms with E-state index < -0.39 is 10.8 Å². The van der Waals surface area contributed by atoms with Gasteiger partial charge in [-0.15, -0.1) is 0 Å². The van der Waals surface area contributed by atoms with Crippen LogP contribution in [-0.2, 0) is 0 Å². The SMILES string of the molecule is Cc1ccc(-c2cc(C(=O)Nc3cc(C)nn3-c3ccc([N+](=O)[O-])cc3)on2)cc1. The van der Waals surface area contributed by atoms with Crippen LogP contribution in [0.3, 0.4) is 0 Å². The number of amides is 1. The van der Waals surface area contributed by atoms with Gasteiger partial charge in [-0.1, -0.05) is 35.0 Å². The van der Waals surface area contributed by atoms with Crippen molar-refractivity contribution in [2.45, 2.75) is 13.8 Å². The minimum absolute atomic E-state index is 0.0292. The summed E-state index contributed by atoms with van der Waals surface area (Å²) < 4.78 is 6.71. The van der Waals surface area contributed by atoms with E-state index in [1.165, 1.54) is 16.8 Å². The molecular weight excluding hydrogens is 386 g/mol. The van der Waals surface area contributed by atoms with E-state index >= 15 is 0 Å². The Kier molecular flexibility index (Phi) is 4.85. The Labute approximate surface area is 171 Å². The first kappa shape index (κ1) is 19.1. The summed E-state index contributed by atoms with van der Waals surface area (Å²) in [6.07, 6.45) is 0. The first-order chi connectivity index (χ1) is 14.4. The highest BCUT2D eigenvalue weighted by molar-refractivity contribution is 6.02. The largest absolute Gasteiger partial charge is 0.350 e. The van der Waals surface area contributed by atoms with E-state index in [0.29, 0.717) is 22.9 Å². The van der Waals surface area contributed by atoms with Crippen molar-refractivity contribution in [3.8, 4) is 16.9 Å². The molecule has 0 unspecified atom stereocenters. The second-order valence-electron chi connectivity index (χ2n) is 6.75. The maximum absolute atomic E-state index is 12.7. The highest BCUT2D eigenvalue weighted by Crippen LogP contribution is 2.23. The van der Waals surface area contributed by atoms with Crippen LogP contribution in [-0.4, -0.2) is 25.8 Å². The fourth-order valence-corrected chi connectivity index (χ4v) is 2.92. The number of nitro benzene ring substituents is 1. The number of non-ortho nitro benzene ring substituents is 1. The van der Waals surface area contributed by atoms with E-state index in [2.05, 4.69) is 15.6 Å². The van der Waals surface area contributed by atoms with Crippen LogP contribution in [0.1, 0.15) is 21.8 Å². The third kappa shape index (κ3) is 3.81. The molecule has 4 aromatic rings. The predicted molar refractivity (Wildman–Crippen MR) is 110 cm³/mol. The number of aryl methyl sites for hydroxylation is 2. The summed E-state index contributed by atoms with van der Waals surface area (Å²) in [5.74, 6) is -0.0248. The van der Waals surface area contributed by atoms with Crippen LogP contribution >= 0.6 is 0 Å². The van der Waals surface area contributed by atoms with Gasteiger partial charge in [0.05, 0.1) is 16.3 Å². The quantitative estimate of drug-likeness (QED) is 0.392. The first-order valence-corrected chi connectivity index (χ1v) is 9.07. The summed E-state index contributed by atoms with van der Waals surface area (Å²) >= 11 is 0. The summed E-state index contributed by atoms with van der Waals surface area (Å²) in [5.41, 5.74) is 3.73. The molecule has 0 aliphatic heterocycles. The zero-order chi connectivity index (χ0) is 21.3. The minimum Gasteiger partial charge on any atom is -0.350 e. The Hall–Kier alpha value is -4.27. The maximum atomic E-state index is 12.7. The van der Waals surface area contributed by atoms with Gasteiger partial charge in [0, 0.05) is 29.8 Å². The third-order valence-corrected chi connectivity index (χ3v) is 4.46. The molecule has 1 N–H and O–H groups in total. The molecule has 0 atom stereocenters. The van der Waals surface area contributed by atoms with Crippen LogP contribution in [0.4, 0.5) is 11.5 Å². The van der Waals surface area contributed by atoms with Gasteiger partial charge in [-0.3, -0.25) is 14.9 Å². The van der Waals surface area contributed by atoms with Crippen molar-refractivity contribution < 1.29 is 14.2 Å². The molecule has 0 aliphatic carbocycles. The van der Waals surface area contributed by atoms with E-state index in [1.807, 2.05) is 31.2 Å². The third-order valence-electron chi connectivity index (χ3n) is 4.46. The van der Waals surface area contributed by atoms with E-state index in [4.69, 9.17) is 4.52 Å². The molecule has 2 heterocycles. The zero-order valence-electron chi connectivity index (χ0n) is 16.2. The lowest BCUT2D eigenvalue weighted by molar-refractivity contribution is -0.384. The molecule has 4 rings (SSSR count). The highest BCUT2D eigenvalue weighted by Gasteiger charge is 2.18. The normalized spacial score (nSPS) is 10.7. The van der Waals surface area contributed by atoms with Crippen LogP contribution in [0.15, 0.2) is 65.2 Å². The Morgan fingerprint density at radius 3 is 2.43 bits per heavy atom. The van der Waals surface area contributed by atoms with Crippen LogP contribution < -0.4 is 5.32 Å². The number of carbonyl (C=O) groups is 1. The number of hydrogen-bond donors (Lipinski definition) is 1.